The summed E-state index contributed by atoms with van der Waals surface area (Å²) in [6, 6.07) is 21.0. The number of benzene rings is 3. The molecule has 188 valence electrons. The van der Waals surface area contributed by atoms with Gasteiger partial charge in [-0.05, 0) is 72.6 Å². The zero-order valence-corrected chi connectivity index (χ0v) is 20.8. The van der Waals surface area contributed by atoms with Gasteiger partial charge in [0.15, 0.2) is 0 Å². The van der Waals surface area contributed by atoms with Crippen molar-refractivity contribution in [3.05, 3.63) is 83.9 Å². The summed E-state index contributed by atoms with van der Waals surface area (Å²) < 4.78 is 10.3. The Hall–Kier alpha value is -3.98. The van der Waals surface area contributed by atoms with Gasteiger partial charge in [0.25, 0.3) is 5.91 Å². The van der Waals surface area contributed by atoms with Crippen LogP contribution in [0.25, 0.3) is 0 Å². The summed E-state index contributed by atoms with van der Waals surface area (Å²) in [5, 5.41) is 14.2. The van der Waals surface area contributed by atoms with Crippen LogP contribution in [-0.4, -0.2) is 42.0 Å². The zero-order chi connectivity index (χ0) is 25.9. The van der Waals surface area contributed by atoms with Gasteiger partial charge in [0.2, 0.25) is 0 Å². The van der Waals surface area contributed by atoms with Crippen molar-refractivity contribution in [2.75, 3.05) is 24.4 Å². The van der Waals surface area contributed by atoms with Gasteiger partial charge in [-0.15, -0.1) is 11.8 Å². The third-order valence-electron chi connectivity index (χ3n) is 5.24. The van der Waals surface area contributed by atoms with Crippen LogP contribution in [-0.2, 0) is 16.0 Å². The van der Waals surface area contributed by atoms with E-state index in [1.165, 1.54) is 0 Å². The topological polar surface area (TPSA) is 114 Å². The van der Waals surface area contributed by atoms with Crippen LogP contribution >= 0.6 is 11.8 Å². The number of aryl methyl sites for hydroxylation is 1. The molecule has 3 rings (SSSR count). The zero-order valence-electron chi connectivity index (χ0n) is 20.0. The Morgan fingerprint density at radius 3 is 2.08 bits per heavy atom. The summed E-state index contributed by atoms with van der Waals surface area (Å²) in [6.07, 6.45) is 0.406. The predicted molar refractivity (Wildman–Crippen MR) is 140 cm³/mol. The molecule has 0 aliphatic rings. The first-order chi connectivity index (χ1) is 17.4. The van der Waals surface area contributed by atoms with E-state index in [4.69, 9.17) is 9.47 Å². The van der Waals surface area contributed by atoms with Gasteiger partial charge in [0.05, 0.1) is 13.7 Å². The lowest BCUT2D eigenvalue weighted by molar-refractivity contribution is -0.136. The van der Waals surface area contributed by atoms with E-state index >= 15 is 0 Å². The van der Waals surface area contributed by atoms with E-state index in [9.17, 15) is 19.5 Å². The first-order valence-corrected chi connectivity index (χ1v) is 12.2. The number of carbonyl (C=O) groups is 3. The number of aliphatic carboxylic acids is 1. The van der Waals surface area contributed by atoms with Crippen LogP contribution < -0.4 is 15.4 Å². The Kier molecular flexibility index (Phi) is 9.76. The highest BCUT2D eigenvalue weighted by molar-refractivity contribution is 8.00. The van der Waals surface area contributed by atoms with Crippen LogP contribution in [0.15, 0.2) is 77.7 Å². The molecule has 3 aromatic carbocycles. The van der Waals surface area contributed by atoms with Crippen LogP contribution in [0.4, 0.5) is 16.2 Å². The molecule has 0 bridgehead atoms. The molecule has 1 unspecified atom stereocenters. The van der Waals surface area contributed by atoms with E-state index in [1.807, 2.05) is 19.1 Å². The van der Waals surface area contributed by atoms with Gasteiger partial charge in [0, 0.05) is 28.3 Å². The van der Waals surface area contributed by atoms with Crippen molar-refractivity contribution in [2.45, 2.75) is 29.9 Å². The standard InChI is InChI=1S/C27H28N2O6S/c1-3-18-4-8-21(9-5-18)29-27(33)35-17-16-24(26(31)32)36-23-14-10-20(11-15-23)28-25(30)19-6-12-22(34-2)13-7-19/h4-15,24H,3,16-17H2,1-2H3,(H,28,30)(H,29,33)(H,31,32). The van der Waals surface area contributed by atoms with E-state index in [-0.39, 0.29) is 18.9 Å². The van der Waals surface area contributed by atoms with Gasteiger partial charge in [0.1, 0.15) is 11.0 Å². The average Bonchev–Trinajstić information content (AvgIpc) is 2.89. The molecule has 36 heavy (non-hydrogen) atoms. The summed E-state index contributed by atoms with van der Waals surface area (Å²) >= 11 is 1.15. The van der Waals surface area contributed by atoms with Gasteiger partial charge in [-0.25, -0.2) is 4.79 Å². The molecule has 9 heteroatoms. The number of carboxylic acid groups (broad SMARTS) is 1. The minimum absolute atomic E-state index is 0.0428. The highest BCUT2D eigenvalue weighted by Gasteiger charge is 2.20. The fourth-order valence-electron chi connectivity index (χ4n) is 3.20. The highest BCUT2D eigenvalue weighted by Crippen LogP contribution is 2.27. The Morgan fingerprint density at radius 1 is 0.889 bits per heavy atom. The van der Waals surface area contributed by atoms with Crippen molar-refractivity contribution in [3.8, 4) is 5.75 Å². The number of hydrogen-bond acceptors (Lipinski definition) is 6. The summed E-state index contributed by atoms with van der Waals surface area (Å²) in [7, 11) is 1.56. The van der Waals surface area contributed by atoms with Crippen LogP contribution in [0.1, 0.15) is 29.3 Å². The third kappa shape index (κ3) is 8.06. The van der Waals surface area contributed by atoms with Crippen LogP contribution in [0, 0.1) is 0 Å². The molecule has 0 aliphatic carbocycles. The number of ether oxygens (including phenoxy) is 2. The molecule has 3 aromatic rings. The van der Waals surface area contributed by atoms with Crippen molar-refractivity contribution in [1.82, 2.24) is 0 Å². The van der Waals surface area contributed by atoms with Gasteiger partial charge in [-0.3, -0.25) is 14.9 Å². The van der Waals surface area contributed by atoms with E-state index in [0.717, 1.165) is 23.7 Å². The largest absolute Gasteiger partial charge is 0.497 e. The number of nitrogens with one attached hydrogen (secondary N) is 2. The maximum atomic E-state index is 12.4. The number of thioether (sulfide) groups is 1. The highest BCUT2D eigenvalue weighted by atomic mass is 32.2. The third-order valence-corrected chi connectivity index (χ3v) is 6.51. The van der Waals surface area contributed by atoms with Crippen molar-refractivity contribution in [1.29, 1.82) is 0 Å². The Labute approximate surface area is 214 Å². The second kappa shape index (κ2) is 13.2. The lowest BCUT2D eigenvalue weighted by atomic mass is 10.1. The Bertz CT molecular complexity index is 1160. The molecule has 1 atom stereocenters. The van der Waals surface area contributed by atoms with Crippen LogP contribution in [0.5, 0.6) is 5.75 Å². The van der Waals surface area contributed by atoms with Crippen molar-refractivity contribution in [3.63, 3.8) is 0 Å². The van der Waals surface area contributed by atoms with E-state index < -0.39 is 17.3 Å². The van der Waals surface area contributed by atoms with Crippen LogP contribution in [0.2, 0.25) is 0 Å². The second-order valence-corrected chi connectivity index (χ2v) is 9.03. The number of methoxy groups -OCH3 is 1. The quantitative estimate of drug-likeness (QED) is 0.285. The molecule has 0 fully saturated rings. The predicted octanol–water partition coefficient (Wildman–Crippen LogP) is 5.69. The van der Waals surface area contributed by atoms with E-state index in [2.05, 4.69) is 10.6 Å². The number of carboxylic acids is 1. The fourth-order valence-corrected chi connectivity index (χ4v) is 4.13. The number of amides is 2. The molecule has 3 N–H and O–H groups in total. The number of carbonyl (C=O) groups excluding carboxylic acids is 2. The van der Waals surface area contributed by atoms with E-state index in [1.54, 1.807) is 67.8 Å². The Balaban J connectivity index is 1.47. The Morgan fingerprint density at radius 2 is 1.50 bits per heavy atom. The van der Waals surface area contributed by atoms with Gasteiger partial charge < -0.3 is 19.9 Å². The maximum absolute atomic E-state index is 12.4. The molecule has 0 heterocycles. The SMILES string of the molecule is CCc1ccc(NC(=O)OCCC(Sc2ccc(NC(=O)c3ccc(OC)cc3)cc2)C(=O)O)cc1. The minimum atomic E-state index is -1.00. The molecular weight excluding hydrogens is 480 g/mol. The summed E-state index contributed by atoms with van der Waals surface area (Å²) in [5.74, 6) is -0.608. The lowest BCUT2D eigenvalue weighted by Crippen LogP contribution is -2.21. The van der Waals surface area contributed by atoms with Gasteiger partial charge in [-0.2, -0.15) is 0 Å². The van der Waals surface area contributed by atoms with E-state index in [0.29, 0.717) is 27.6 Å². The average molecular weight is 509 g/mol. The molecule has 0 saturated heterocycles. The maximum Gasteiger partial charge on any atom is 0.411 e. The molecule has 2 amide bonds. The molecule has 0 aliphatic heterocycles. The molecule has 0 spiro atoms. The van der Waals surface area contributed by atoms with Crippen molar-refractivity contribution >= 4 is 41.1 Å². The number of rotatable bonds is 11. The molecule has 0 radical (unpaired) electrons. The number of hydrogen-bond donors (Lipinski definition) is 3. The van der Waals surface area contributed by atoms with Crippen LogP contribution in [0.3, 0.4) is 0 Å². The molecule has 0 aromatic heterocycles. The van der Waals surface area contributed by atoms with Crippen molar-refractivity contribution < 1.29 is 29.0 Å². The first kappa shape index (κ1) is 26.6. The summed E-state index contributed by atoms with van der Waals surface area (Å²) in [4.78, 5) is 36.8. The second-order valence-electron chi connectivity index (χ2n) is 7.75. The molecule has 0 saturated carbocycles. The first-order valence-electron chi connectivity index (χ1n) is 11.4. The van der Waals surface area contributed by atoms with Gasteiger partial charge >= 0.3 is 12.1 Å². The molecular formula is C27H28N2O6S. The fraction of sp³-hybridized carbons (Fsp3) is 0.222. The molecule has 8 nitrogen and oxygen atoms in total. The summed E-state index contributed by atoms with van der Waals surface area (Å²) in [6.45, 7) is 2.00. The smallest absolute Gasteiger partial charge is 0.411 e. The van der Waals surface area contributed by atoms with Crippen molar-refractivity contribution in [2.24, 2.45) is 0 Å². The normalized spacial score (nSPS) is 11.3. The minimum Gasteiger partial charge on any atom is -0.497 e. The lowest BCUT2D eigenvalue weighted by Gasteiger charge is -2.13. The van der Waals surface area contributed by atoms with Gasteiger partial charge in [-0.1, -0.05) is 19.1 Å². The monoisotopic (exact) mass is 508 g/mol. The summed E-state index contributed by atoms with van der Waals surface area (Å²) in [5.41, 5.74) is 2.84. The number of anilines is 2.